The highest BCUT2D eigenvalue weighted by molar-refractivity contribution is 6.33. The van der Waals surface area contributed by atoms with E-state index in [1.807, 2.05) is 17.8 Å². The standard InChI is InChI=1S/C11H11ClN4O2/c1-15-5-4-13-11(15)7-14-10-6-8(16(17)18)2-3-9(10)12/h2-6,14H,7H2,1H3. The summed E-state index contributed by atoms with van der Waals surface area (Å²) in [4.78, 5) is 14.4. The third-order valence-electron chi connectivity index (χ3n) is 2.52. The van der Waals surface area contributed by atoms with Crippen LogP contribution in [0.25, 0.3) is 0 Å². The molecule has 0 saturated carbocycles. The van der Waals surface area contributed by atoms with Gasteiger partial charge in [-0.05, 0) is 6.07 Å². The molecule has 1 N–H and O–H groups in total. The number of nitro groups is 1. The van der Waals surface area contributed by atoms with Crippen molar-refractivity contribution < 1.29 is 4.92 Å². The summed E-state index contributed by atoms with van der Waals surface area (Å²) in [6, 6.07) is 4.28. The zero-order chi connectivity index (χ0) is 13.1. The van der Waals surface area contributed by atoms with E-state index in [-0.39, 0.29) is 5.69 Å². The van der Waals surface area contributed by atoms with E-state index >= 15 is 0 Å². The largest absolute Gasteiger partial charge is 0.376 e. The molecule has 0 saturated heterocycles. The average Bonchev–Trinajstić information content (AvgIpc) is 2.73. The first kappa shape index (κ1) is 12.4. The van der Waals surface area contributed by atoms with Crippen molar-refractivity contribution in [2.75, 3.05) is 5.32 Å². The van der Waals surface area contributed by atoms with Crippen LogP contribution in [0.3, 0.4) is 0 Å². The van der Waals surface area contributed by atoms with E-state index in [2.05, 4.69) is 10.3 Å². The lowest BCUT2D eigenvalue weighted by molar-refractivity contribution is -0.384. The van der Waals surface area contributed by atoms with Gasteiger partial charge in [-0.1, -0.05) is 11.6 Å². The van der Waals surface area contributed by atoms with Gasteiger partial charge in [0, 0.05) is 31.6 Å². The van der Waals surface area contributed by atoms with E-state index in [1.54, 1.807) is 6.20 Å². The molecule has 0 unspecified atom stereocenters. The lowest BCUT2D eigenvalue weighted by Gasteiger charge is -2.08. The Morgan fingerprint density at radius 2 is 2.33 bits per heavy atom. The summed E-state index contributed by atoms with van der Waals surface area (Å²) in [5, 5.41) is 14.1. The smallest absolute Gasteiger partial charge is 0.271 e. The van der Waals surface area contributed by atoms with Crippen LogP contribution in [0, 0.1) is 10.1 Å². The topological polar surface area (TPSA) is 73.0 Å². The van der Waals surface area contributed by atoms with E-state index in [1.165, 1.54) is 18.2 Å². The van der Waals surface area contributed by atoms with Gasteiger partial charge < -0.3 is 9.88 Å². The second-order valence-corrected chi connectivity index (χ2v) is 4.14. The monoisotopic (exact) mass is 266 g/mol. The molecule has 94 valence electrons. The van der Waals surface area contributed by atoms with Crippen molar-refractivity contribution in [3.8, 4) is 0 Å². The molecule has 0 atom stereocenters. The van der Waals surface area contributed by atoms with Crippen molar-refractivity contribution in [2.45, 2.75) is 6.54 Å². The van der Waals surface area contributed by atoms with Crippen molar-refractivity contribution in [1.82, 2.24) is 9.55 Å². The Hall–Kier alpha value is -2.08. The maximum absolute atomic E-state index is 10.7. The highest BCUT2D eigenvalue weighted by atomic mass is 35.5. The molecular weight excluding hydrogens is 256 g/mol. The zero-order valence-electron chi connectivity index (χ0n) is 9.63. The van der Waals surface area contributed by atoms with Gasteiger partial charge in [0.1, 0.15) is 5.82 Å². The molecule has 2 aromatic rings. The number of imidazole rings is 1. The minimum atomic E-state index is -0.456. The van der Waals surface area contributed by atoms with Crippen molar-refractivity contribution in [2.24, 2.45) is 7.05 Å². The lowest BCUT2D eigenvalue weighted by atomic mass is 10.3. The summed E-state index contributed by atoms with van der Waals surface area (Å²) in [5.74, 6) is 0.817. The minimum Gasteiger partial charge on any atom is -0.376 e. The highest BCUT2D eigenvalue weighted by Gasteiger charge is 2.10. The number of hydrogen-bond acceptors (Lipinski definition) is 4. The van der Waals surface area contributed by atoms with Crippen LogP contribution in [-0.4, -0.2) is 14.5 Å². The summed E-state index contributed by atoms with van der Waals surface area (Å²) >= 11 is 5.97. The van der Waals surface area contributed by atoms with Crippen molar-refractivity contribution in [3.63, 3.8) is 0 Å². The first-order valence-corrected chi connectivity index (χ1v) is 5.60. The Morgan fingerprint density at radius 1 is 1.56 bits per heavy atom. The highest BCUT2D eigenvalue weighted by Crippen LogP contribution is 2.26. The third-order valence-corrected chi connectivity index (χ3v) is 2.85. The van der Waals surface area contributed by atoms with Gasteiger partial charge >= 0.3 is 0 Å². The van der Waals surface area contributed by atoms with Crippen LogP contribution in [0.15, 0.2) is 30.6 Å². The molecule has 0 bridgehead atoms. The van der Waals surface area contributed by atoms with Crippen molar-refractivity contribution >= 4 is 23.0 Å². The molecule has 2 rings (SSSR count). The fourth-order valence-corrected chi connectivity index (χ4v) is 1.69. The number of nitro benzene ring substituents is 1. The maximum atomic E-state index is 10.7. The van der Waals surface area contributed by atoms with Crippen LogP contribution >= 0.6 is 11.6 Å². The van der Waals surface area contributed by atoms with Gasteiger partial charge in [-0.15, -0.1) is 0 Å². The molecule has 7 heteroatoms. The van der Waals surface area contributed by atoms with Crippen LogP contribution in [0.4, 0.5) is 11.4 Å². The maximum Gasteiger partial charge on any atom is 0.271 e. The first-order chi connectivity index (χ1) is 8.58. The van der Waals surface area contributed by atoms with Gasteiger partial charge in [0.05, 0.1) is 22.2 Å². The van der Waals surface area contributed by atoms with E-state index in [9.17, 15) is 10.1 Å². The molecule has 0 aliphatic carbocycles. The van der Waals surface area contributed by atoms with E-state index in [4.69, 9.17) is 11.6 Å². The number of hydrogen-bond donors (Lipinski definition) is 1. The van der Waals surface area contributed by atoms with E-state index in [0.717, 1.165) is 5.82 Å². The summed E-state index contributed by atoms with van der Waals surface area (Å²) in [6.45, 7) is 0.449. The molecule has 0 aliphatic heterocycles. The van der Waals surface area contributed by atoms with Crippen LogP contribution in [0.5, 0.6) is 0 Å². The van der Waals surface area contributed by atoms with E-state index in [0.29, 0.717) is 17.3 Å². The van der Waals surface area contributed by atoms with Gasteiger partial charge in [-0.2, -0.15) is 0 Å². The number of benzene rings is 1. The summed E-state index contributed by atoms with van der Waals surface area (Å²) < 4.78 is 1.86. The van der Waals surface area contributed by atoms with Crippen LogP contribution in [0.2, 0.25) is 5.02 Å². The molecule has 0 amide bonds. The Morgan fingerprint density at radius 3 is 2.94 bits per heavy atom. The summed E-state index contributed by atoms with van der Waals surface area (Å²) in [5.41, 5.74) is 0.524. The predicted octanol–water partition coefficient (Wildman–Crippen LogP) is 2.59. The third kappa shape index (κ3) is 2.60. The molecule has 0 fully saturated rings. The second-order valence-electron chi connectivity index (χ2n) is 3.73. The molecule has 1 aromatic heterocycles. The lowest BCUT2D eigenvalue weighted by Crippen LogP contribution is -2.06. The molecule has 0 spiro atoms. The number of rotatable bonds is 4. The Balaban J connectivity index is 2.16. The number of nitrogens with zero attached hydrogens (tertiary/aromatic N) is 3. The SMILES string of the molecule is Cn1ccnc1CNc1cc([N+](=O)[O-])ccc1Cl. The van der Waals surface area contributed by atoms with Crippen LogP contribution < -0.4 is 5.32 Å². The number of aromatic nitrogens is 2. The molecule has 1 aromatic carbocycles. The number of non-ortho nitro benzene ring substituents is 1. The van der Waals surface area contributed by atoms with Crippen LogP contribution in [0.1, 0.15) is 5.82 Å². The van der Waals surface area contributed by atoms with Crippen LogP contribution in [-0.2, 0) is 13.6 Å². The van der Waals surface area contributed by atoms with Gasteiger partial charge in [0.2, 0.25) is 0 Å². The normalized spacial score (nSPS) is 10.3. The Bertz CT molecular complexity index is 582. The van der Waals surface area contributed by atoms with Gasteiger partial charge in [-0.25, -0.2) is 4.98 Å². The average molecular weight is 267 g/mol. The zero-order valence-corrected chi connectivity index (χ0v) is 10.4. The van der Waals surface area contributed by atoms with Gasteiger partial charge in [-0.3, -0.25) is 10.1 Å². The predicted molar refractivity (Wildman–Crippen MR) is 68.6 cm³/mol. The molecule has 18 heavy (non-hydrogen) atoms. The Labute approximate surface area is 108 Å². The quantitative estimate of drug-likeness (QED) is 0.682. The number of halogens is 1. The molecule has 1 heterocycles. The summed E-state index contributed by atoms with van der Waals surface area (Å²) in [6.07, 6.45) is 3.51. The van der Waals surface area contributed by atoms with Gasteiger partial charge in [0.15, 0.2) is 0 Å². The number of anilines is 1. The summed E-state index contributed by atoms with van der Waals surface area (Å²) in [7, 11) is 1.87. The fourth-order valence-electron chi connectivity index (χ4n) is 1.50. The molecule has 6 nitrogen and oxygen atoms in total. The Kier molecular flexibility index (Phi) is 3.47. The van der Waals surface area contributed by atoms with Gasteiger partial charge in [0.25, 0.3) is 5.69 Å². The number of aryl methyl sites for hydroxylation is 1. The molecule has 0 radical (unpaired) electrons. The number of nitrogens with one attached hydrogen (secondary N) is 1. The first-order valence-electron chi connectivity index (χ1n) is 5.22. The fraction of sp³-hybridized carbons (Fsp3) is 0.182. The van der Waals surface area contributed by atoms with Crippen molar-refractivity contribution in [1.29, 1.82) is 0 Å². The van der Waals surface area contributed by atoms with Crippen molar-refractivity contribution in [3.05, 3.63) is 51.6 Å². The van der Waals surface area contributed by atoms with E-state index < -0.39 is 4.92 Å². The minimum absolute atomic E-state index is 0.00161. The molecular formula is C11H11ClN4O2. The second kappa shape index (κ2) is 5.05. The molecule has 0 aliphatic rings.